The first-order chi connectivity index (χ1) is 7.33. The normalized spacial score (nSPS) is 11.0. The third-order valence-corrected chi connectivity index (χ3v) is 2.29. The number of aromatic amines is 1. The van der Waals surface area contributed by atoms with Crippen LogP contribution in [0.1, 0.15) is 5.89 Å². The molecule has 1 aromatic carbocycles. The molecule has 1 N–H and O–H groups in total. The highest BCUT2D eigenvalue weighted by Gasteiger charge is 2.08. The smallest absolute Gasteiger partial charge is 0.264 e. The highest BCUT2D eigenvalue weighted by molar-refractivity contribution is 5.84. The number of benzene rings is 1. The van der Waals surface area contributed by atoms with E-state index in [1.807, 2.05) is 30.3 Å². The molecule has 0 amide bonds. The van der Waals surface area contributed by atoms with E-state index in [1.54, 1.807) is 6.92 Å². The quantitative estimate of drug-likeness (QED) is 0.655. The number of H-pyrrole nitrogens is 1. The molecule has 0 atom stereocenters. The lowest BCUT2D eigenvalue weighted by molar-refractivity contribution is 0.531. The number of rotatable bonds is 1. The van der Waals surface area contributed by atoms with Crippen LogP contribution in [0.25, 0.3) is 22.5 Å². The van der Waals surface area contributed by atoms with E-state index in [0.29, 0.717) is 11.8 Å². The summed E-state index contributed by atoms with van der Waals surface area (Å²) in [5.74, 6) is 1.10. The number of para-hydroxylation sites is 1. The summed E-state index contributed by atoms with van der Waals surface area (Å²) in [6.45, 7) is 1.78. The van der Waals surface area contributed by atoms with Gasteiger partial charge in [0.25, 0.3) is 5.89 Å². The maximum absolute atomic E-state index is 5.35. The summed E-state index contributed by atoms with van der Waals surface area (Å²) in [5, 5.41) is 8.90. The zero-order chi connectivity index (χ0) is 10.3. The molecular formula is C11H9N3O. The molecule has 0 fully saturated rings. The van der Waals surface area contributed by atoms with Crippen molar-refractivity contribution in [1.82, 2.24) is 15.2 Å². The SMILES string of the molecule is Cc1nnc(-c2cc3ccccc3[nH]2)o1. The minimum atomic E-state index is 0.531. The van der Waals surface area contributed by atoms with Crippen molar-refractivity contribution in [3.05, 3.63) is 36.2 Å². The second kappa shape index (κ2) is 2.95. The molecule has 3 aromatic rings. The van der Waals surface area contributed by atoms with Crippen molar-refractivity contribution >= 4 is 10.9 Å². The van der Waals surface area contributed by atoms with Crippen LogP contribution in [0, 0.1) is 6.92 Å². The lowest BCUT2D eigenvalue weighted by Gasteiger charge is -1.86. The molecule has 0 aliphatic carbocycles. The van der Waals surface area contributed by atoms with Crippen LogP contribution >= 0.6 is 0 Å². The first-order valence-corrected chi connectivity index (χ1v) is 4.71. The van der Waals surface area contributed by atoms with Crippen LogP contribution in [0.2, 0.25) is 0 Å². The lowest BCUT2D eigenvalue weighted by Crippen LogP contribution is -1.75. The van der Waals surface area contributed by atoms with Gasteiger partial charge in [-0.3, -0.25) is 0 Å². The zero-order valence-electron chi connectivity index (χ0n) is 8.19. The summed E-state index contributed by atoms with van der Waals surface area (Å²) >= 11 is 0. The molecule has 4 heteroatoms. The number of nitrogens with one attached hydrogen (secondary N) is 1. The molecule has 0 aliphatic rings. The van der Waals surface area contributed by atoms with Crippen LogP contribution in [0.5, 0.6) is 0 Å². The Kier molecular flexibility index (Phi) is 1.62. The summed E-state index contributed by atoms with van der Waals surface area (Å²) in [4.78, 5) is 3.23. The van der Waals surface area contributed by atoms with Crippen LogP contribution in [0.4, 0.5) is 0 Å². The molecule has 74 valence electrons. The number of nitrogens with zero attached hydrogens (tertiary/aromatic N) is 2. The van der Waals surface area contributed by atoms with Gasteiger partial charge in [-0.2, -0.15) is 0 Å². The molecule has 0 saturated heterocycles. The number of aromatic nitrogens is 3. The van der Waals surface area contributed by atoms with Gasteiger partial charge in [0.1, 0.15) is 5.69 Å². The minimum Gasteiger partial charge on any atom is -0.420 e. The Balaban J connectivity index is 2.19. The Labute approximate surface area is 85.9 Å². The standard InChI is InChI=1S/C11H9N3O/c1-7-13-14-11(15-7)10-6-8-4-2-3-5-9(8)12-10/h2-6,12H,1H3. The molecule has 0 spiro atoms. The highest BCUT2D eigenvalue weighted by atomic mass is 16.4. The van der Waals surface area contributed by atoms with E-state index in [4.69, 9.17) is 4.42 Å². The second-order valence-electron chi connectivity index (χ2n) is 3.40. The molecule has 0 unspecified atom stereocenters. The van der Waals surface area contributed by atoms with Gasteiger partial charge >= 0.3 is 0 Å². The average Bonchev–Trinajstić information content (AvgIpc) is 2.82. The van der Waals surface area contributed by atoms with Gasteiger partial charge < -0.3 is 9.40 Å². The van der Waals surface area contributed by atoms with Gasteiger partial charge in [0.15, 0.2) is 0 Å². The van der Waals surface area contributed by atoms with Gasteiger partial charge in [-0.25, -0.2) is 0 Å². The fourth-order valence-electron chi connectivity index (χ4n) is 1.59. The van der Waals surface area contributed by atoms with E-state index in [0.717, 1.165) is 16.6 Å². The third kappa shape index (κ3) is 1.30. The summed E-state index contributed by atoms with van der Waals surface area (Å²) in [5.41, 5.74) is 1.93. The van der Waals surface area contributed by atoms with Gasteiger partial charge in [-0.05, 0) is 12.1 Å². The Morgan fingerprint density at radius 3 is 2.80 bits per heavy atom. The van der Waals surface area contributed by atoms with E-state index in [9.17, 15) is 0 Å². The third-order valence-electron chi connectivity index (χ3n) is 2.29. The van der Waals surface area contributed by atoms with Gasteiger partial charge in [0.05, 0.1) is 0 Å². The molecule has 0 radical (unpaired) electrons. The maximum atomic E-state index is 5.35. The average molecular weight is 199 g/mol. The van der Waals surface area contributed by atoms with E-state index < -0.39 is 0 Å². The largest absolute Gasteiger partial charge is 0.420 e. The van der Waals surface area contributed by atoms with Crippen molar-refractivity contribution in [3.63, 3.8) is 0 Å². The zero-order valence-corrected chi connectivity index (χ0v) is 8.19. The molecule has 0 saturated carbocycles. The molecule has 4 nitrogen and oxygen atoms in total. The summed E-state index contributed by atoms with van der Waals surface area (Å²) in [6, 6.07) is 10.0. The van der Waals surface area contributed by atoms with Crippen molar-refractivity contribution in [3.8, 4) is 11.6 Å². The first kappa shape index (κ1) is 8.23. The Morgan fingerprint density at radius 1 is 1.20 bits per heavy atom. The van der Waals surface area contributed by atoms with Crippen LogP contribution in [0.15, 0.2) is 34.7 Å². The van der Waals surface area contributed by atoms with E-state index in [1.165, 1.54) is 0 Å². The van der Waals surface area contributed by atoms with Crippen LogP contribution in [-0.2, 0) is 0 Å². The van der Waals surface area contributed by atoms with Crippen molar-refractivity contribution in [2.45, 2.75) is 6.92 Å². The maximum Gasteiger partial charge on any atom is 0.264 e. The van der Waals surface area contributed by atoms with Crippen molar-refractivity contribution < 1.29 is 4.42 Å². The fourth-order valence-corrected chi connectivity index (χ4v) is 1.59. The van der Waals surface area contributed by atoms with E-state index in [2.05, 4.69) is 15.2 Å². The first-order valence-electron chi connectivity index (χ1n) is 4.71. The van der Waals surface area contributed by atoms with E-state index in [-0.39, 0.29) is 0 Å². The Morgan fingerprint density at radius 2 is 2.07 bits per heavy atom. The van der Waals surface area contributed by atoms with Crippen molar-refractivity contribution in [1.29, 1.82) is 0 Å². The predicted molar refractivity (Wildman–Crippen MR) is 56.3 cm³/mol. The molecule has 3 rings (SSSR count). The summed E-state index contributed by atoms with van der Waals surface area (Å²) in [7, 11) is 0. The highest BCUT2D eigenvalue weighted by Crippen LogP contribution is 2.22. The Bertz CT molecular complexity index is 576. The second-order valence-corrected chi connectivity index (χ2v) is 3.40. The van der Waals surface area contributed by atoms with Gasteiger partial charge in [0, 0.05) is 17.8 Å². The number of hydrogen-bond donors (Lipinski definition) is 1. The molecule has 0 aliphatic heterocycles. The number of aryl methyl sites for hydroxylation is 1. The van der Waals surface area contributed by atoms with Crippen LogP contribution in [0.3, 0.4) is 0 Å². The van der Waals surface area contributed by atoms with E-state index >= 15 is 0 Å². The number of fused-ring (bicyclic) bond motifs is 1. The summed E-state index contributed by atoms with van der Waals surface area (Å²) < 4.78 is 5.35. The molecule has 2 aromatic heterocycles. The molecular weight excluding hydrogens is 190 g/mol. The monoisotopic (exact) mass is 199 g/mol. The lowest BCUT2D eigenvalue weighted by atomic mass is 10.2. The molecule has 15 heavy (non-hydrogen) atoms. The molecule has 2 heterocycles. The minimum absolute atomic E-state index is 0.531. The Hall–Kier alpha value is -2.10. The van der Waals surface area contributed by atoms with Gasteiger partial charge in [0.2, 0.25) is 5.89 Å². The van der Waals surface area contributed by atoms with Gasteiger partial charge in [-0.1, -0.05) is 18.2 Å². The summed E-state index contributed by atoms with van der Waals surface area (Å²) in [6.07, 6.45) is 0. The van der Waals surface area contributed by atoms with Crippen molar-refractivity contribution in [2.75, 3.05) is 0 Å². The topological polar surface area (TPSA) is 54.7 Å². The van der Waals surface area contributed by atoms with Crippen molar-refractivity contribution in [2.24, 2.45) is 0 Å². The van der Waals surface area contributed by atoms with Gasteiger partial charge in [-0.15, -0.1) is 10.2 Å². The fraction of sp³-hybridized carbons (Fsp3) is 0.0909. The molecule has 0 bridgehead atoms. The predicted octanol–water partition coefficient (Wildman–Crippen LogP) is 2.53. The number of hydrogen-bond acceptors (Lipinski definition) is 3. The van der Waals surface area contributed by atoms with Crippen LogP contribution in [-0.4, -0.2) is 15.2 Å². The van der Waals surface area contributed by atoms with Crippen LogP contribution < -0.4 is 0 Å².